The van der Waals surface area contributed by atoms with E-state index in [1.54, 1.807) is 0 Å². The predicted octanol–water partition coefficient (Wildman–Crippen LogP) is 4.29. The lowest BCUT2D eigenvalue weighted by Gasteiger charge is -2.05. The standard InChI is InChI=1S/C14H22INOS2/c1-2-3-4-8-14(17)16-10-11-18-19-13-7-5-6-9-15-12-13/h5-7,9H,2-4,8,10-12H2,1H3,(H,16,17). The number of hydrogen-bond donors (Lipinski definition) is 1. The van der Waals surface area contributed by atoms with Gasteiger partial charge in [-0.05, 0) is 10.4 Å². The number of carbonyl (C=O) groups excluding carboxylic acids is 1. The van der Waals surface area contributed by atoms with Gasteiger partial charge in [0.2, 0.25) is 5.91 Å². The minimum atomic E-state index is 0.205. The average Bonchev–Trinajstić information content (AvgIpc) is 2.67. The predicted molar refractivity (Wildman–Crippen MR) is 99.4 cm³/mol. The fraction of sp³-hybridized carbons (Fsp3) is 0.571. The Balaban J connectivity index is 1.99. The van der Waals surface area contributed by atoms with Crippen LogP contribution in [0.2, 0.25) is 0 Å². The lowest BCUT2D eigenvalue weighted by molar-refractivity contribution is -0.121. The first-order chi connectivity index (χ1) is 9.33. The molecule has 0 atom stereocenters. The van der Waals surface area contributed by atoms with E-state index in [0.717, 1.165) is 25.1 Å². The van der Waals surface area contributed by atoms with Crippen LogP contribution in [0.25, 0.3) is 0 Å². The fourth-order valence-electron chi connectivity index (χ4n) is 1.44. The molecule has 0 radical (unpaired) electrons. The number of unbranched alkanes of at least 4 members (excludes halogenated alkanes) is 2. The molecule has 1 N–H and O–H groups in total. The molecule has 5 heteroatoms. The minimum absolute atomic E-state index is 0.205. The molecular formula is C14H22INOS2. The number of allylic oxidation sites excluding steroid dienone is 4. The molecule has 0 saturated heterocycles. The van der Waals surface area contributed by atoms with E-state index in [0.29, 0.717) is 6.42 Å². The topological polar surface area (TPSA) is 29.1 Å². The molecule has 0 aromatic heterocycles. The first-order valence-corrected chi connectivity index (χ1v) is 11.7. The molecule has 0 unspecified atom stereocenters. The zero-order valence-corrected chi connectivity index (χ0v) is 15.2. The average molecular weight is 411 g/mol. The van der Waals surface area contributed by atoms with Crippen molar-refractivity contribution in [3.63, 3.8) is 0 Å². The second-order valence-electron chi connectivity index (χ2n) is 4.14. The van der Waals surface area contributed by atoms with Crippen LogP contribution in [0, 0.1) is 0 Å². The van der Waals surface area contributed by atoms with E-state index in [1.807, 2.05) is 21.6 Å². The molecule has 1 amide bonds. The summed E-state index contributed by atoms with van der Waals surface area (Å²) < 4.78 is 3.55. The number of carbonyl (C=O) groups is 1. The highest BCUT2D eigenvalue weighted by molar-refractivity contribution is 14.2. The van der Waals surface area contributed by atoms with Gasteiger partial charge in [-0.15, -0.1) is 20.7 Å². The molecule has 0 fully saturated rings. The van der Waals surface area contributed by atoms with E-state index in [4.69, 9.17) is 0 Å². The number of alkyl halides is 1. The first-order valence-electron chi connectivity index (χ1n) is 6.66. The molecule has 0 aromatic rings. The molecule has 0 bridgehead atoms. The van der Waals surface area contributed by atoms with E-state index in [9.17, 15) is 4.79 Å². The van der Waals surface area contributed by atoms with Gasteiger partial charge in [0.15, 0.2) is 0 Å². The summed E-state index contributed by atoms with van der Waals surface area (Å²) in [6, 6.07) is 0. The van der Waals surface area contributed by atoms with Crippen molar-refractivity contribution in [1.82, 2.24) is 5.32 Å². The van der Waals surface area contributed by atoms with Crippen LogP contribution in [-0.2, 0) is 4.79 Å². The van der Waals surface area contributed by atoms with Crippen LogP contribution in [0.15, 0.2) is 23.1 Å². The van der Waals surface area contributed by atoms with Crippen molar-refractivity contribution in [2.75, 3.05) is 16.7 Å². The first kappa shape index (κ1) is 17.3. The summed E-state index contributed by atoms with van der Waals surface area (Å²) in [7, 11) is 3.71. The minimum Gasteiger partial charge on any atom is -0.355 e. The number of nitrogens with one attached hydrogen (secondary N) is 1. The van der Waals surface area contributed by atoms with Gasteiger partial charge in [0, 0.05) is 28.1 Å². The van der Waals surface area contributed by atoms with Crippen molar-refractivity contribution < 1.29 is 4.79 Å². The Bertz CT molecular complexity index is 353. The zero-order valence-electron chi connectivity index (χ0n) is 11.4. The molecule has 0 aromatic carbocycles. The van der Waals surface area contributed by atoms with Gasteiger partial charge < -0.3 is 5.32 Å². The normalized spacial score (nSPS) is 14.5. The Morgan fingerprint density at radius 2 is 2.32 bits per heavy atom. The molecule has 1 aliphatic rings. The van der Waals surface area contributed by atoms with Crippen LogP contribution in [-0.4, -0.2) is 26.6 Å². The van der Waals surface area contributed by atoms with Crippen LogP contribution >= 0.6 is 42.3 Å². The lowest BCUT2D eigenvalue weighted by Crippen LogP contribution is -2.25. The molecule has 0 saturated carbocycles. The summed E-state index contributed by atoms with van der Waals surface area (Å²) in [5.74, 6) is 1.18. The highest BCUT2D eigenvalue weighted by Crippen LogP contribution is 2.32. The molecule has 1 heterocycles. The van der Waals surface area contributed by atoms with Crippen LogP contribution < -0.4 is 5.32 Å². The third kappa shape index (κ3) is 9.73. The summed E-state index contributed by atoms with van der Waals surface area (Å²) in [5.41, 5.74) is 0. The van der Waals surface area contributed by atoms with Crippen molar-refractivity contribution in [1.29, 1.82) is 0 Å². The molecule has 1 aliphatic heterocycles. The third-order valence-electron chi connectivity index (χ3n) is 2.44. The van der Waals surface area contributed by atoms with Crippen molar-refractivity contribution >= 4 is 52.2 Å². The van der Waals surface area contributed by atoms with Gasteiger partial charge in [0.1, 0.15) is 0 Å². The van der Waals surface area contributed by atoms with Crippen molar-refractivity contribution in [2.45, 2.75) is 32.6 Å². The molecule has 0 aliphatic carbocycles. The van der Waals surface area contributed by atoms with Crippen molar-refractivity contribution in [2.24, 2.45) is 0 Å². The maximum atomic E-state index is 11.5. The Hall–Kier alpha value is 0.250. The summed E-state index contributed by atoms with van der Waals surface area (Å²) in [6.45, 7) is 2.94. The van der Waals surface area contributed by atoms with Crippen LogP contribution in [0.3, 0.4) is 0 Å². The molecule has 108 valence electrons. The highest BCUT2D eigenvalue weighted by atomic mass is 127. The van der Waals surface area contributed by atoms with Gasteiger partial charge in [0.05, 0.1) is 0 Å². The molecular weight excluding hydrogens is 389 g/mol. The molecule has 0 spiro atoms. The van der Waals surface area contributed by atoms with Gasteiger partial charge >= 0.3 is 0 Å². The van der Waals surface area contributed by atoms with Gasteiger partial charge in [-0.1, -0.05) is 59.6 Å². The van der Waals surface area contributed by atoms with Crippen LogP contribution in [0.4, 0.5) is 0 Å². The van der Waals surface area contributed by atoms with E-state index in [1.165, 1.54) is 15.8 Å². The van der Waals surface area contributed by atoms with E-state index in [-0.39, 0.29) is 26.6 Å². The smallest absolute Gasteiger partial charge is 0.220 e. The Morgan fingerprint density at radius 3 is 3.16 bits per heavy atom. The Labute approximate surface area is 134 Å². The monoisotopic (exact) mass is 411 g/mol. The van der Waals surface area contributed by atoms with Crippen molar-refractivity contribution in [3.8, 4) is 0 Å². The maximum absolute atomic E-state index is 11.5. The van der Waals surface area contributed by atoms with E-state index < -0.39 is 0 Å². The number of halogens is 1. The third-order valence-corrected chi connectivity index (χ3v) is 7.63. The number of amides is 1. The zero-order chi connectivity index (χ0) is 13.8. The maximum Gasteiger partial charge on any atom is 0.220 e. The highest BCUT2D eigenvalue weighted by Gasteiger charge is 2.01. The van der Waals surface area contributed by atoms with Gasteiger partial charge in [-0.25, -0.2) is 0 Å². The summed E-state index contributed by atoms with van der Waals surface area (Å²) in [6.07, 6.45) is 10.5. The summed E-state index contributed by atoms with van der Waals surface area (Å²) >= 11 is 0.217. The Morgan fingerprint density at radius 1 is 1.42 bits per heavy atom. The second kappa shape index (κ2) is 12.0. The lowest BCUT2D eigenvalue weighted by atomic mass is 10.2. The largest absolute Gasteiger partial charge is 0.355 e. The molecule has 1 rings (SSSR count). The fourth-order valence-corrected chi connectivity index (χ4v) is 6.34. The Kier molecular flexibility index (Phi) is 11.0. The molecule has 19 heavy (non-hydrogen) atoms. The van der Waals surface area contributed by atoms with Gasteiger partial charge in [-0.2, -0.15) is 0 Å². The number of hydrogen-bond acceptors (Lipinski definition) is 3. The van der Waals surface area contributed by atoms with Crippen molar-refractivity contribution in [3.05, 3.63) is 23.1 Å². The van der Waals surface area contributed by atoms with Crippen LogP contribution in [0.1, 0.15) is 32.6 Å². The number of rotatable bonds is 9. The van der Waals surface area contributed by atoms with Gasteiger partial charge in [-0.3, -0.25) is 4.79 Å². The summed E-state index contributed by atoms with van der Waals surface area (Å²) in [4.78, 5) is 13.0. The van der Waals surface area contributed by atoms with Crippen LogP contribution in [0.5, 0.6) is 0 Å². The summed E-state index contributed by atoms with van der Waals surface area (Å²) in [5, 5.41) is 2.99. The SMILES string of the molecule is CCCCCC(=O)NCCSSC1=CC=CC=IC1. The quantitative estimate of drug-likeness (QED) is 0.266. The van der Waals surface area contributed by atoms with E-state index >= 15 is 0 Å². The molecule has 2 nitrogen and oxygen atoms in total. The van der Waals surface area contributed by atoms with Gasteiger partial charge in [0.25, 0.3) is 0 Å². The van der Waals surface area contributed by atoms with E-state index in [2.05, 4.69) is 34.5 Å². The second-order valence-corrected chi connectivity index (χ2v) is 9.05.